The number of aryl methyl sites for hydroxylation is 2. The number of nitrogens with zero attached hydrogens (tertiary/aromatic N) is 3. The van der Waals surface area contributed by atoms with Gasteiger partial charge in [-0.3, -0.25) is 9.48 Å². The molecular formula is C15H16N4O2. The zero-order valence-electron chi connectivity index (χ0n) is 12.0. The average Bonchev–Trinajstić information content (AvgIpc) is 2.77. The summed E-state index contributed by atoms with van der Waals surface area (Å²) in [5.41, 5.74) is 8.50. The van der Waals surface area contributed by atoms with Gasteiger partial charge in [0, 0.05) is 25.5 Å². The number of nitriles is 1. The highest BCUT2D eigenvalue weighted by Crippen LogP contribution is 2.43. The lowest BCUT2D eigenvalue weighted by atomic mass is 9.79. The molecule has 0 saturated heterocycles. The van der Waals surface area contributed by atoms with E-state index in [2.05, 4.69) is 11.2 Å². The van der Waals surface area contributed by atoms with E-state index in [1.54, 1.807) is 17.9 Å². The van der Waals surface area contributed by atoms with Gasteiger partial charge in [-0.2, -0.15) is 10.4 Å². The molecular weight excluding hydrogens is 268 g/mol. The summed E-state index contributed by atoms with van der Waals surface area (Å²) < 4.78 is 7.23. The molecule has 1 aromatic heterocycles. The van der Waals surface area contributed by atoms with Gasteiger partial charge in [-0.05, 0) is 18.9 Å². The van der Waals surface area contributed by atoms with Crippen LogP contribution in [0.5, 0.6) is 0 Å². The molecule has 0 saturated carbocycles. The third kappa shape index (κ3) is 1.93. The Morgan fingerprint density at radius 3 is 2.90 bits per heavy atom. The Morgan fingerprint density at radius 1 is 1.52 bits per heavy atom. The molecule has 1 aliphatic heterocycles. The summed E-state index contributed by atoms with van der Waals surface area (Å²) in [5.74, 6) is 0.256. The van der Waals surface area contributed by atoms with E-state index < -0.39 is 5.92 Å². The Morgan fingerprint density at radius 2 is 2.29 bits per heavy atom. The largest absolute Gasteiger partial charge is 0.444 e. The smallest absolute Gasteiger partial charge is 0.205 e. The van der Waals surface area contributed by atoms with Crippen LogP contribution >= 0.6 is 0 Å². The summed E-state index contributed by atoms with van der Waals surface area (Å²) in [4.78, 5) is 12.4. The van der Waals surface area contributed by atoms with Crippen molar-refractivity contribution in [3.8, 4) is 6.07 Å². The number of carbonyl (C=O) groups excluding carboxylic acids is 1. The summed E-state index contributed by atoms with van der Waals surface area (Å²) in [6.07, 6.45) is 3.63. The van der Waals surface area contributed by atoms with Crippen molar-refractivity contribution in [2.75, 3.05) is 0 Å². The Bertz CT molecular complexity index is 714. The maximum Gasteiger partial charge on any atom is 0.205 e. The van der Waals surface area contributed by atoms with Crippen molar-refractivity contribution < 1.29 is 9.53 Å². The van der Waals surface area contributed by atoms with Crippen molar-refractivity contribution in [1.29, 1.82) is 5.26 Å². The number of aromatic nitrogens is 2. The lowest BCUT2D eigenvalue weighted by Gasteiger charge is -2.31. The van der Waals surface area contributed by atoms with Crippen molar-refractivity contribution in [3.05, 3.63) is 40.2 Å². The van der Waals surface area contributed by atoms with Crippen LogP contribution in [0.1, 0.15) is 36.4 Å². The van der Waals surface area contributed by atoms with Gasteiger partial charge in [0.25, 0.3) is 0 Å². The van der Waals surface area contributed by atoms with Crippen LogP contribution < -0.4 is 5.73 Å². The van der Waals surface area contributed by atoms with Crippen LogP contribution in [-0.4, -0.2) is 15.6 Å². The Kier molecular flexibility index (Phi) is 3.05. The van der Waals surface area contributed by atoms with Crippen molar-refractivity contribution >= 4 is 5.78 Å². The van der Waals surface area contributed by atoms with E-state index in [0.29, 0.717) is 24.2 Å². The summed E-state index contributed by atoms with van der Waals surface area (Å²) in [5, 5.41) is 13.7. The van der Waals surface area contributed by atoms with Crippen LogP contribution in [0.25, 0.3) is 0 Å². The van der Waals surface area contributed by atoms with Gasteiger partial charge in [0.2, 0.25) is 5.88 Å². The SMILES string of the molecule is Cc1cnn(C)c1C1C(C#N)=C(N)OC2=C1C(=O)CCC2. The zero-order chi connectivity index (χ0) is 15.1. The number of nitrogens with two attached hydrogens (primary N) is 1. The second-order valence-electron chi connectivity index (χ2n) is 5.37. The van der Waals surface area contributed by atoms with Gasteiger partial charge in [0.05, 0.1) is 17.8 Å². The third-order valence-corrected chi connectivity index (χ3v) is 4.06. The number of rotatable bonds is 1. The number of carbonyl (C=O) groups is 1. The number of ketones is 1. The fourth-order valence-corrected chi connectivity index (χ4v) is 3.10. The molecule has 0 spiro atoms. The molecule has 0 bridgehead atoms. The van der Waals surface area contributed by atoms with Gasteiger partial charge in [-0.1, -0.05) is 0 Å². The van der Waals surface area contributed by atoms with E-state index in [0.717, 1.165) is 17.7 Å². The summed E-state index contributed by atoms with van der Waals surface area (Å²) in [7, 11) is 1.80. The Balaban J connectivity index is 2.25. The summed E-state index contributed by atoms with van der Waals surface area (Å²) >= 11 is 0. The molecule has 0 aromatic carbocycles. The molecule has 1 atom stereocenters. The molecule has 2 heterocycles. The molecule has 1 aromatic rings. The first-order chi connectivity index (χ1) is 10.0. The first-order valence-electron chi connectivity index (χ1n) is 6.87. The Hall–Kier alpha value is -2.55. The van der Waals surface area contributed by atoms with E-state index in [1.807, 2.05) is 6.92 Å². The van der Waals surface area contributed by atoms with Crippen molar-refractivity contribution in [1.82, 2.24) is 9.78 Å². The van der Waals surface area contributed by atoms with Crippen LogP contribution in [0, 0.1) is 18.3 Å². The second kappa shape index (κ2) is 4.77. The number of Topliss-reactive ketones (excluding diaryl/α,β-unsaturated/α-hetero) is 1. The fraction of sp³-hybridized carbons (Fsp3) is 0.400. The molecule has 6 heteroatoms. The second-order valence-corrected chi connectivity index (χ2v) is 5.37. The maximum absolute atomic E-state index is 12.4. The highest BCUT2D eigenvalue weighted by Gasteiger charge is 2.39. The minimum atomic E-state index is -0.473. The van der Waals surface area contributed by atoms with E-state index in [-0.39, 0.29) is 17.2 Å². The molecule has 0 radical (unpaired) electrons. The number of ether oxygens (including phenoxy) is 1. The topological polar surface area (TPSA) is 93.9 Å². The molecule has 2 N–H and O–H groups in total. The highest BCUT2D eigenvalue weighted by molar-refractivity contribution is 5.99. The summed E-state index contributed by atoms with van der Waals surface area (Å²) in [6, 6.07) is 2.10. The lowest BCUT2D eigenvalue weighted by Crippen LogP contribution is -2.28. The Labute approximate surface area is 122 Å². The van der Waals surface area contributed by atoms with Crippen LogP contribution in [-0.2, 0) is 16.6 Å². The molecule has 0 fully saturated rings. The van der Waals surface area contributed by atoms with E-state index >= 15 is 0 Å². The quantitative estimate of drug-likeness (QED) is 0.844. The van der Waals surface area contributed by atoms with Gasteiger partial charge in [0.1, 0.15) is 17.4 Å². The first kappa shape index (κ1) is 13.4. The monoisotopic (exact) mass is 284 g/mol. The van der Waals surface area contributed by atoms with Crippen molar-refractivity contribution in [2.45, 2.75) is 32.1 Å². The number of hydrogen-bond donors (Lipinski definition) is 1. The van der Waals surface area contributed by atoms with Crippen molar-refractivity contribution in [3.63, 3.8) is 0 Å². The molecule has 0 amide bonds. The highest BCUT2D eigenvalue weighted by atomic mass is 16.5. The first-order valence-corrected chi connectivity index (χ1v) is 6.87. The van der Waals surface area contributed by atoms with Crippen LogP contribution in [0.3, 0.4) is 0 Å². The zero-order valence-corrected chi connectivity index (χ0v) is 12.0. The standard InChI is InChI=1S/C15H16N4O2/c1-8-7-18-19(2)14(8)12-9(6-16)15(17)21-11-5-3-4-10(20)13(11)12/h7,12H,3-5,17H2,1-2H3. The minimum Gasteiger partial charge on any atom is -0.444 e. The molecule has 3 rings (SSSR count). The van der Waals surface area contributed by atoms with Crippen LogP contribution in [0.2, 0.25) is 0 Å². The van der Waals surface area contributed by atoms with Crippen LogP contribution in [0.15, 0.2) is 29.0 Å². The normalized spacial score (nSPS) is 22.0. The predicted octanol–water partition coefficient (Wildman–Crippen LogP) is 1.54. The predicted molar refractivity (Wildman–Crippen MR) is 74.5 cm³/mol. The van der Waals surface area contributed by atoms with Gasteiger partial charge in [-0.25, -0.2) is 0 Å². The molecule has 1 unspecified atom stereocenters. The summed E-state index contributed by atoms with van der Waals surface area (Å²) in [6.45, 7) is 1.91. The fourth-order valence-electron chi connectivity index (χ4n) is 3.10. The third-order valence-electron chi connectivity index (χ3n) is 4.06. The number of hydrogen-bond acceptors (Lipinski definition) is 5. The molecule has 21 heavy (non-hydrogen) atoms. The van der Waals surface area contributed by atoms with E-state index in [9.17, 15) is 10.1 Å². The van der Waals surface area contributed by atoms with E-state index in [1.165, 1.54) is 0 Å². The molecule has 2 aliphatic rings. The van der Waals surface area contributed by atoms with Gasteiger partial charge >= 0.3 is 0 Å². The van der Waals surface area contributed by atoms with Gasteiger partial charge < -0.3 is 10.5 Å². The molecule has 1 aliphatic carbocycles. The molecule has 6 nitrogen and oxygen atoms in total. The van der Waals surface area contributed by atoms with Gasteiger partial charge in [0.15, 0.2) is 5.78 Å². The van der Waals surface area contributed by atoms with Crippen molar-refractivity contribution in [2.24, 2.45) is 12.8 Å². The van der Waals surface area contributed by atoms with Gasteiger partial charge in [-0.15, -0.1) is 0 Å². The lowest BCUT2D eigenvalue weighted by molar-refractivity contribution is -0.116. The minimum absolute atomic E-state index is 0.0297. The number of allylic oxidation sites excluding steroid dienone is 3. The van der Waals surface area contributed by atoms with Crippen LogP contribution in [0.4, 0.5) is 0 Å². The molecule has 108 valence electrons. The van der Waals surface area contributed by atoms with E-state index in [4.69, 9.17) is 10.5 Å². The average molecular weight is 284 g/mol. The maximum atomic E-state index is 12.4.